The number of nitrogens with zero attached hydrogens (tertiary/aromatic N) is 1. The standard InChI is InChI=1S/C27H30N2O4S/c30-24(25(31)27(33)29-15-7-12-23(29)21-10-5-2-6-11-21)26(32)28-14-13-22-17-20(18-34-22)16-19-8-3-1-4-9-19/h1-6,8-11,17-18,23-25,30-31H,7,12-16H2,(H,28,32)/t23?,24-,25-/m1/s1. The molecule has 1 unspecified atom stereocenters. The first-order valence-electron chi connectivity index (χ1n) is 11.6. The number of thiophene rings is 1. The number of rotatable bonds is 9. The summed E-state index contributed by atoms with van der Waals surface area (Å²) >= 11 is 1.63. The van der Waals surface area contributed by atoms with Gasteiger partial charge in [0.05, 0.1) is 6.04 Å². The summed E-state index contributed by atoms with van der Waals surface area (Å²) in [6.07, 6.45) is -0.517. The van der Waals surface area contributed by atoms with Crippen LogP contribution in [-0.2, 0) is 22.4 Å². The lowest BCUT2D eigenvalue weighted by atomic mass is 10.0. The lowest BCUT2D eigenvalue weighted by Gasteiger charge is -2.28. The number of hydrogen-bond donors (Lipinski definition) is 3. The van der Waals surface area contributed by atoms with E-state index in [1.807, 2.05) is 48.5 Å². The molecule has 4 rings (SSSR count). The number of aliphatic hydroxyl groups excluding tert-OH is 2. The lowest BCUT2D eigenvalue weighted by Crippen LogP contribution is -2.50. The maximum Gasteiger partial charge on any atom is 0.255 e. The maximum atomic E-state index is 12.9. The summed E-state index contributed by atoms with van der Waals surface area (Å²) in [5, 5.41) is 25.5. The Morgan fingerprint density at radius 1 is 1.00 bits per heavy atom. The summed E-state index contributed by atoms with van der Waals surface area (Å²) in [6, 6.07) is 21.8. The predicted octanol–water partition coefficient (Wildman–Crippen LogP) is 3.08. The Labute approximate surface area is 203 Å². The molecule has 0 aliphatic carbocycles. The molecule has 0 spiro atoms. The second-order valence-electron chi connectivity index (χ2n) is 8.61. The highest BCUT2D eigenvalue weighted by Crippen LogP contribution is 2.32. The van der Waals surface area contributed by atoms with Gasteiger partial charge in [-0.1, -0.05) is 60.7 Å². The molecule has 3 N–H and O–H groups in total. The second-order valence-corrected chi connectivity index (χ2v) is 9.61. The van der Waals surface area contributed by atoms with Gasteiger partial charge in [-0.05, 0) is 53.8 Å². The van der Waals surface area contributed by atoms with E-state index in [1.165, 1.54) is 11.1 Å². The summed E-state index contributed by atoms with van der Waals surface area (Å²) in [5.41, 5.74) is 3.45. The van der Waals surface area contributed by atoms with Crippen molar-refractivity contribution in [2.45, 2.75) is 43.9 Å². The second kappa shape index (κ2) is 11.4. The first kappa shape index (κ1) is 24.1. The molecule has 3 aromatic rings. The minimum atomic E-state index is -1.80. The lowest BCUT2D eigenvalue weighted by molar-refractivity contribution is -0.153. The summed E-state index contributed by atoms with van der Waals surface area (Å²) in [6.45, 7) is 0.811. The van der Waals surface area contributed by atoms with Crippen molar-refractivity contribution in [2.24, 2.45) is 0 Å². The van der Waals surface area contributed by atoms with Gasteiger partial charge < -0.3 is 20.4 Å². The summed E-state index contributed by atoms with van der Waals surface area (Å²) in [5.74, 6) is -1.35. The van der Waals surface area contributed by atoms with Gasteiger partial charge in [-0.15, -0.1) is 11.3 Å². The minimum Gasteiger partial charge on any atom is -0.380 e. The number of benzene rings is 2. The molecule has 1 aliphatic rings. The zero-order valence-electron chi connectivity index (χ0n) is 19.0. The highest BCUT2D eigenvalue weighted by atomic mass is 32.1. The molecule has 0 bridgehead atoms. The van der Waals surface area contributed by atoms with Crippen LogP contribution in [0.3, 0.4) is 0 Å². The molecular formula is C27H30N2O4S. The van der Waals surface area contributed by atoms with E-state index >= 15 is 0 Å². The van der Waals surface area contributed by atoms with Crippen LogP contribution in [0.25, 0.3) is 0 Å². The molecule has 178 valence electrons. The molecule has 1 aromatic heterocycles. The highest BCUT2D eigenvalue weighted by molar-refractivity contribution is 7.10. The minimum absolute atomic E-state index is 0.150. The van der Waals surface area contributed by atoms with Gasteiger partial charge in [0.1, 0.15) is 0 Å². The zero-order valence-corrected chi connectivity index (χ0v) is 19.8. The maximum absolute atomic E-state index is 12.9. The van der Waals surface area contributed by atoms with E-state index < -0.39 is 24.0 Å². The Hall–Kier alpha value is -3.00. The van der Waals surface area contributed by atoms with Gasteiger partial charge in [-0.2, -0.15) is 0 Å². The SMILES string of the molecule is O=C(NCCc1cc(Cc2ccccc2)cs1)[C@H](O)[C@@H](O)C(=O)N1CCCC1c1ccccc1. The van der Waals surface area contributed by atoms with Crippen molar-refractivity contribution in [3.05, 3.63) is 93.7 Å². The first-order valence-corrected chi connectivity index (χ1v) is 12.5. The number of nitrogens with one attached hydrogen (secondary N) is 1. The van der Waals surface area contributed by atoms with Gasteiger partial charge in [0.2, 0.25) is 0 Å². The van der Waals surface area contributed by atoms with E-state index in [0.717, 1.165) is 29.7 Å². The summed E-state index contributed by atoms with van der Waals surface area (Å²) in [7, 11) is 0. The molecule has 1 fully saturated rings. The number of carbonyl (C=O) groups is 2. The van der Waals surface area contributed by atoms with Gasteiger partial charge in [0, 0.05) is 18.0 Å². The molecular weight excluding hydrogens is 448 g/mol. The third kappa shape index (κ3) is 5.91. The topological polar surface area (TPSA) is 89.9 Å². The number of carbonyl (C=O) groups excluding carboxylic acids is 2. The molecule has 1 aliphatic heterocycles. The average molecular weight is 479 g/mol. The van der Waals surface area contributed by atoms with Crippen molar-refractivity contribution in [2.75, 3.05) is 13.1 Å². The molecule has 1 saturated heterocycles. The van der Waals surface area contributed by atoms with Crippen LogP contribution in [0.1, 0.15) is 40.5 Å². The fourth-order valence-electron chi connectivity index (χ4n) is 4.40. The van der Waals surface area contributed by atoms with Crippen molar-refractivity contribution in [1.82, 2.24) is 10.2 Å². The van der Waals surface area contributed by atoms with Crippen LogP contribution >= 0.6 is 11.3 Å². The van der Waals surface area contributed by atoms with Crippen LogP contribution < -0.4 is 5.32 Å². The van der Waals surface area contributed by atoms with Crippen LogP contribution in [0.2, 0.25) is 0 Å². The molecule has 6 nitrogen and oxygen atoms in total. The van der Waals surface area contributed by atoms with E-state index in [2.05, 4.69) is 28.9 Å². The first-order chi connectivity index (χ1) is 16.5. The zero-order chi connectivity index (χ0) is 23.9. The number of aliphatic hydroxyl groups is 2. The van der Waals surface area contributed by atoms with E-state index in [0.29, 0.717) is 19.5 Å². The Bertz CT molecular complexity index is 1090. The molecule has 34 heavy (non-hydrogen) atoms. The van der Waals surface area contributed by atoms with Crippen LogP contribution in [0.4, 0.5) is 0 Å². The molecule has 2 amide bonds. The van der Waals surface area contributed by atoms with Gasteiger partial charge >= 0.3 is 0 Å². The molecule has 7 heteroatoms. The molecule has 2 heterocycles. The Morgan fingerprint density at radius 2 is 1.71 bits per heavy atom. The predicted molar refractivity (Wildman–Crippen MR) is 132 cm³/mol. The average Bonchev–Trinajstić information content (AvgIpc) is 3.53. The normalized spacial score (nSPS) is 17.4. The Kier molecular flexibility index (Phi) is 8.11. The van der Waals surface area contributed by atoms with Crippen molar-refractivity contribution >= 4 is 23.2 Å². The molecule has 3 atom stereocenters. The quantitative estimate of drug-likeness (QED) is 0.441. The van der Waals surface area contributed by atoms with Gasteiger partial charge in [-0.3, -0.25) is 9.59 Å². The number of amides is 2. The van der Waals surface area contributed by atoms with Crippen molar-refractivity contribution in [3.8, 4) is 0 Å². The molecule has 0 radical (unpaired) electrons. The fourth-order valence-corrected chi connectivity index (χ4v) is 5.29. The van der Waals surface area contributed by atoms with Crippen molar-refractivity contribution in [1.29, 1.82) is 0 Å². The summed E-state index contributed by atoms with van der Waals surface area (Å²) in [4.78, 5) is 28.0. The smallest absolute Gasteiger partial charge is 0.255 e. The van der Waals surface area contributed by atoms with Crippen LogP contribution in [0.5, 0.6) is 0 Å². The largest absolute Gasteiger partial charge is 0.380 e. The van der Waals surface area contributed by atoms with E-state index in [9.17, 15) is 19.8 Å². The Morgan fingerprint density at radius 3 is 2.44 bits per heavy atom. The monoisotopic (exact) mass is 478 g/mol. The van der Waals surface area contributed by atoms with Crippen molar-refractivity contribution < 1.29 is 19.8 Å². The molecule has 0 saturated carbocycles. The number of likely N-dealkylation sites (tertiary alicyclic amines) is 1. The fraction of sp³-hybridized carbons (Fsp3) is 0.333. The third-order valence-electron chi connectivity index (χ3n) is 6.17. The summed E-state index contributed by atoms with van der Waals surface area (Å²) < 4.78 is 0. The Balaban J connectivity index is 1.26. The van der Waals surface area contributed by atoms with Crippen molar-refractivity contribution in [3.63, 3.8) is 0 Å². The van der Waals surface area contributed by atoms with Gasteiger partial charge in [0.25, 0.3) is 11.8 Å². The third-order valence-corrected chi connectivity index (χ3v) is 7.22. The van der Waals surface area contributed by atoms with E-state index in [4.69, 9.17) is 0 Å². The molecule has 2 aromatic carbocycles. The van der Waals surface area contributed by atoms with E-state index in [-0.39, 0.29) is 6.04 Å². The van der Waals surface area contributed by atoms with E-state index in [1.54, 1.807) is 16.2 Å². The van der Waals surface area contributed by atoms with Gasteiger partial charge in [-0.25, -0.2) is 0 Å². The number of hydrogen-bond acceptors (Lipinski definition) is 5. The van der Waals surface area contributed by atoms with Gasteiger partial charge in [0.15, 0.2) is 12.2 Å². The van der Waals surface area contributed by atoms with Crippen LogP contribution in [-0.4, -0.2) is 52.2 Å². The highest BCUT2D eigenvalue weighted by Gasteiger charge is 2.38. The van der Waals surface area contributed by atoms with Crippen LogP contribution in [0.15, 0.2) is 72.1 Å². The van der Waals surface area contributed by atoms with Crippen LogP contribution in [0, 0.1) is 0 Å².